The zero-order valence-electron chi connectivity index (χ0n) is 17.7. The van der Waals surface area contributed by atoms with Gasteiger partial charge in [0.05, 0.1) is 23.1 Å². The van der Waals surface area contributed by atoms with E-state index < -0.39 is 10.8 Å². The molecule has 1 amide bonds. The highest BCUT2D eigenvalue weighted by Gasteiger charge is 2.32. The Hall–Kier alpha value is -3.05. The van der Waals surface area contributed by atoms with E-state index >= 15 is 0 Å². The van der Waals surface area contributed by atoms with Crippen molar-refractivity contribution in [1.29, 1.82) is 5.26 Å². The molecule has 0 bridgehead atoms. The third-order valence-corrected chi connectivity index (χ3v) is 6.21. The summed E-state index contributed by atoms with van der Waals surface area (Å²) in [6.07, 6.45) is 1.62. The van der Waals surface area contributed by atoms with Crippen LogP contribution in [-0.2, 0) is 4.79 Å². The van der Waals surface area contributed by atoms with E-state index in [-0.39, 0.29) is 11.8 Å². The van der Waals surface area contributed by atoms with Gasteiger partial charge in [-0.1, -0.05) is 43.8 Å². The quantitative estimate of drug-likeness (QED) is 0.567. The highest BCUT2D eigenvalue weighted by atomic mass is 32.2. The van der Waals surface area contributed by atoms with Crippen LogP contribution in [0.4, 0.5) is 0 Å². The number of thioether (sulfide) groups is 1. The smallest absolute Gasteiger partial charge is 0.234 e. The van der Waals surface area contributed by atoms with Gasteiger partial charge in [0.1, 0.15) is 11.3 Å². The van der Waals surface area contributed by atoms with Crippen LogP contribution in [-0.4, -0.2) is 31.5 Å². The Bertz CT molecular complexity index is 1070. The van der Waals surface area contributed by atoms with Gasteiger partial charge >= 0.3 is 0 Å². The standard InChI is InChI=1S/C22H25N5O2S/c1-14(2)22(5,13-23)24-20(28)16(4)30-21-26-25-19(18-11-12-29-15(18)3)27(21)17-9-7-6-8-10-17/h6-12,14,16H,1-5H3,(H,24,28). The molecule has 2 atom stereocenters. The maximum atomic E-state index is 12.8. The highest BCUT2D eigenvalue weighted by Crippen LogP contribution is 2.32. The normalized spacial score (nSPS) is 14.2. The second-order valence-electron chi connectivity index (χ2n) is 7.59. The Morgan fingerprint density at radius 3 is 2.50 bits per heavy atom. The lowest BCUT2D eigenvalue weighted by atomic mass is 9.90. The molecule has 7 nitrogen and oxygen atoms in total. The second kappa shape index (κ2) is 8.76. The number of hydrogen-bond donors (Lipinski definition) is 1. The number of hydrogen-bond acceptors (Lipinski definition) is 6. The molecule has 2 aromatic heterocycles. The maximum Gasteiger partial charge on any atom is 0.234 e. The van der Waals surface area contributed by atoms with Crippen molar-refractivity contribution in [1.82, 2.24) is 20.1 Å². The summed E-state index contributed by atoms with van der Waals surface area (Å²) in [5.74, 6) is 1.14. The lowest BCUT2D eigenvalue weighted by molar-refractivity contribution is -0.121. The van der Waals surface area contributed by atoms with Gasteiger partial charge in [0.2, 0.25) is 5.91 Å². The summed E-state index contributed by atoms with van der Waals surface area (Å²) in [6.45, 7) is 9.22. The molecule has 0 spiro atoms. The number of nitriles is 1. The van der Waals surface area contributed by atoms with Crippen molar-refractivity contribution < 1.29 is 9.21 Å². The first kappa shape index (κ1) is 21.7. The van der Waals surface area contributed by atoms with Crippen LogP contribution in [0.1, 0.15) is 33.5 Å². The Morgan fingerprint density at radius 1 is 1.23 bits per heavy atom. The van der Waals surface area contributed by atoms with Gasteiger partial charge in [0.25, 0.3) is 0 Å². The molecule has 1 aromatic carbocycles. The van der Waals surface area contributed by atoms with Crippen molar-refractivity contribution in [2.75, 3.05) is 0 Å². The van der Waals surface area contributed by atoms with Crippen LogP contribution >= 0.6 is 11.8 Å². The van der Waals surface area contributed by atoms with E-state index in [0.717, 1.165) is 17.0 Å². The van der Waals surface area contributed by atoms with Gasteiger partial charge in [0, 0.05) is 5.69 Å². The molecule has 3 aromatic rings. The van der Waals surface area contributed by atoms with E-state index in [0.29, 0.717) is 11.0 Å². The molecule has 2 heterocycles. The fourth-order valence-corrected chi connectivity index (χ4v) is 3.69. The van der Waals surface area contributed by atoms with Gasteiger partial charge in [-0.05, 0) is 44.9 Å². The van der Waals surface area contributed by atoms with Gasteiger partial charge in [-0.2, -0.15) is 5.26 Å². The average molecular weight is 424 g/mol. The number of aryl methyl sites for hydroxylation is 1. The van der Waals surface area contributed by atoms with E-state index in [2.05, 4.69) is 21.6 Å². The molecule has 1 N–H and O–H groups in total. The molecule has 0 aliphatic carbocycles. The molecule has 0 aliphatic heterocycles. The number of para-hydroxylation sites is 1. The Morgan fingerprint density at radius 2 is 1.93 bits per heavy atom. The number of aromatic nitrogens is 3. The minimum absolute atomic E-state index is 0.0210. The van der Waals surface area contributed by atoms with Crippen LogP contribution in [0.2, 0.25) is 0 Å². The number of amides is 1. The van der Waals surface area contributed by atoms with E-state index in [9.17, 15) is 10.1 Å². The average Bonchev–Trinajstić information content (AvgIpc) is 3.33. The topological polar surface area (TPSA) is 96.7 Å². The number of nitrogens with one attached hydrogen (secondary N) is 1. The van der Waals surface area contributed by atoms with Gasteiger partial charge in [-0.3, -0.25) is 9.36 Å². The number of benzene rings is 1. The van der Waals surface area contributed by atoms with Gasteiger partial charge in [-0.15, -0.1) is 10.2 Å². The number of rotatable bonds is 7. The monoisotopic (exact) mass is 423 g/mol. The molecule has 0 radical (unpaired) electrons. The highest BCUT2D eigenvalue weighted by molar-refractivity contribution is 8.00. The van der Waals surface area contributed by atoms with Crippen LogP contribution in [0.5, 0.6) is 0 Å². The zero-order valence-corrected chi connectivity index (χ0v) is 18.5. The van der Waals surface area contributed by atoms with Crippen molar-refractivity contribution in [2.24, 2.45) is 5.92 Å². The van der Waals surface area contributed by atoms with Crippen molar-refractivity contribution in [3.63, 3.8) is 0 Å². The molecule has 8 heteroatoms. The summed E-state index contributed by atoms with van der Waals surface area (Å²) in [5.41, 5.74) is 0.794. The lowest BCUT2D eigenvalue weighted by Gasteiger charge is -2.28. The largest absolute Gasteiger partial charge is 0.469 e. The Balaban J connectivity index is 1.93. The van der Waals surface area contributed by atoms with Gasteiger partial charge < -0.3 is 9.73 Å². The molecular formula is C22H25N5O2S. The zero-order chi connectivity index (χ0) is 21.9. The van der Waals surface area contributed by atoms with Crippen molar-refractivity contribution in [3.8, 4) is 23.1 Å². The van der Waals surface area contributed by atoms with Crippen LogP contribution in [0.15, 0.2) is 52.2 Å². The van der Waals surface area contributed by atoms with Crippen molar-refractivity contribution >= 4 is 17.7 Å². The summed E-state index contributed by atoms with van der Waals surface area (Å²) >= 11 is 1.30. The summed E-state index contributed by atoms with van der Waals surface area (Å²) in [4.78, 5) is 12.8. The molecule has 0 saturated carbocycles. The fourth-order valence-electron chi connectivity index (χ4n) is 2.82. The van der Waals surface area contributed by atoms with Crippen LogP contribution in [0.25, 0.3) is 17.1 Å². The van der Waals surface area contributed by atoms with Crippen molar-refractivity contribution in [2.45, 2.75) is 50.6 Å². The lowest BCUT2D eigenvalue weighted by Crippen LogP contribution is -2.51. The van der Waals surface area contributed by atoms with Gasteiger partial charge in [0.15, 0.2) is 11.0 Å². The first-order chi connectivity index (χ1) is 14.3. The van der Waals surface area contributed by atoms with Crippen LogP contribution in [0.3, 0.4) is 0 Å². The van der Waals surface area contributed by atoms with E-state index in [1.165, 1.54) is 11.8 Å². The molecule has 3 rings (SSSR count). The van der Waals surface area contributed by atoms with E-state index in [4.69, 9.17) is 4.42 Å². The summed E-state index contributed by atoms with van der Waals surface area (Å²) in [5, 5.41) is 21.2. The molecule has 2 unspecified atom stereocenters. The number of nitrogens with zero attached hydrogens (tertiary/aromatic N) is 4. The Kier molecular flexibility index (Phi) is 6.32. The first-order valence-corrected chi connectivity index (χ1v) is 10.6. The van der Waals surface area contributed by atoms with Crippen molar-refractivity contribution in [3.05, 3.63) is 48.4 Å². The van der Waals surface area contributed by atoms with E-state index in [1.807, 2.05) is 61.7 Å². The predicted molar refractivity (Wildman–Crippen MR) is 116 cm³/mol. The van der Waals surface area contributed by atoms with Crippen LogP contribution in [0, 0.1) is 24.2 Å². The molecule has 0 saturated heterocycles. The van der Waals surface area contributed by atoms with Crippen LogP contribution < -0.4 is 5.32 Å². The SMILES string of the molecule is Cc1occc1-c1nnc(SC(C)C(=O)NC(C)(C#N)C(C)C)n1-c1ccccc1. The molecule has 30 heavy (non-hydrogen) atoms. The summed E-state index contributed by atoms with van der Waals surface area (Å²) in [7, 11) is 0. The fraction of sp³-hybridized carbons (Fsp3) is 0.364. The first-order valence-electron chi connectivity index (χ1n) is 9.72. The molecular weight excluding hydrogens is 398 g/mol. The number of carbonyl (C=O) groups excluding carboxylic acids is 1. The van der Waals surface area contributed by atoms with Gasteiger partial charge in [-0.25, -0.2) is 0 Å². The number of carbonyl (C=O) groups is 1. The maximum absolute atomic E-state index is 12.8. The number of furan rings is 1. The third-order valence-electron chi connectivity index (χ3n) is 5.17. The molecule has 156 valence electrons. The van der Waals surface area contributed by atoms with E-state index in [1.54, 1.807) is 20.1 Å². The molecule has 0 aliphatic rings. The predicted octanol–water partition coefficient (Wildman–Crippen LogP) is 4.37. The summed E-state index contributed by atoms with van der Waals surface area (Å²) in [6, 6.07) is 13.8. The minimum atomic E-state index is -0.932. The molecule has 0 fully saturated rings. The summed E-state index contributed by atoms with van der Waals surface area (Å²) < 4.78 is 7.36. The minimum Gasteiger partial charge on any atom is -0.469 e. The Labute approximate surface area is 180 Å². The second-order valence-corrected chi connectivity index (χ2v) is 8.89. The third kappa shape index (κ3) is 4.26.